The molecule has 0 saturated carbocycles. The van der Waals surface area contributed by atoms with Crippen LogP contribution in [0.4, 0.5) is 13.2 Å². The van der Waals surface area contributed by atoms with Crippen LogP contribution in [0.3, 0.4) is 0 Å². The van der Waals surface area contributed by atoms with Crippen molar-refractivity contribution >= 4 is 21.6 Å². The molecule has 0 atom stereocenters. The molecule has 0 bridgehead atoms. The summed E-state index contributed by atoms with van der Waals surface area (Å²) >= 11 is 1.28. The molecule has 3 rings (SSSR count). The van der Waals surface area contributed by atoms with Crippen molar-refractivity contribution in [3.8, 4) is 0 Å². The molecule has 0 radical (unpaired) electrons. The molecule has 144 valence electrons. The predicted octanol–water partition coefficient (Wildman–Crippen LogP) is 4.03. The molecule has 3 aromatic rings. The van der Waals surface area contributed by atoms with Crippen LogP contribution in [0.2, 0.25) is 0 Å². The summed E-state index contributed by atoms with van der Waals surface area (Å²) in [6, 6.07) is 6.82. The van der Waals surface area contributed by atoms with E-state index >= 15 is 0 Å². The van der Waals surface area contributed by atoms with E-state index in [-0.39, 0.29) is 23.6 Å². The first-order valence-electron chi connectivity index (χ1n) is 8.46. The first kappa shape index (κ1) is 19.4. The van der Waals surface area contributed by atoms with E-state index in [4.69, 9.17) is 0 Å². The van der Waals surface area contributed by atoms with E-state index in [9.17, 15) is 22.8 Å². The summed E-state index contributed by atoms with van der Waals surface area (Å²) in [5, 5.41) is 0.421. The Morgan fingerprint density at radius 3 is 2.48 bits per heavy atom. The van der Waals surface area contributed by atoms with Crippen LogP contribution in [0.25, 0.3) is 10.2 Å². The normalized spacial score (nSPS) is 12.3. The summed E-state index contributed by atoms with van der Waals surface area (Å²) in [5.41, 5.74) is -0.963. The van der Waals surface area contributed by atoms with Crippen LogP contribution in [-0.2, 0) is 26.2 Å². The third kappa shape index (κ3) is 3.85. The van der Waals surface area contributed by atoms with Gasteiger partial charge in [-0.05, 0) is 23.6 Å². The van der Waals surface area contributed by atoms with Crippen molar-refractivity contribution in [3.63, 3.8) is 0 Å². The number of hydrogen-bond acceptors (Lipinski definition) is 3. The van der Waals surface area contributed by atoms with Crippen LogP contribution in [0.5, 0.6) is 0 Å². The number of aromatic nitrogens is 2. The maximum Gasteiger partial charge on any atom is 0.416 e. The monoisotopic (exact) mass is 396 g/mol. The second kappa shape index (κ2) is 6.99. The Morgan fingerprint density at radius 2 is 1.85 bits per heavy atom. The van der Waals surface area contributed by atoms with Gasteiger partial charge in [0.25, 0.3) is 5.56 Å². The van der Waals surface area contributed by atoms with Gasteiger partial charge in [-0.25, -0.2) is 4.79 Å². The molecule has 0 unspecified atom stereocenters. The SMILES string of the molecule is CC(C)Cn1c(=O)n(C)c(=O)c2cc(Cc3cccc(C(F)(F)F)c3)sc21. The molecular weight excluding hydrogens is 377 g/mol. The molecule has 27 heavy (non-hydrogen) atoms. The molecule has 8 heteroatoms. The molecule has 0 aliphatic carbocycles. The Bertz CT molecular complexity index is 1110. The third-order valence-corrected chi connectivity index (χ3v) is 5.40. The number of hydrogen-bond donors (Lipinski definition) is 0. The van der Waals surface area contributed by atoms with Crippen molar-refractivity contribution in [2.45, 2.75) is 33.0 Å². The van der Waals surface area contributed by atoms with Gasteiger partial charge in [-0.2, -0.15) is 13.2 Å². The highest BCUT2D eigenvalue weighted by Gasteiger charge is 2.30. The molecule has 0 aliphatic heterocycles. The predicted molar refractivity (Wildman–Crippen MR) is 100 cm³/mol. The molecule has 0 amide bonds. The third-order valence-electron chi connectivity index (χ3n) is 4.24. The van der Waals surface area contributed by atoms with Gasteiger partial charge in [-0.3, -0.25) is 13.9 Å². The second-order valence-electron chi connectivity index (χ2n) is 6.96. The average Bonchev–Trinajstić information content (AvgIpc) is 3.00. The minimum atomic E-state index is -4.40. The smallest absolute Gasteiger partial charge is 0.284 e. The Balaban J connectivity index is 2.09. The van der Waals surface area contributed by atoms with Crippen molar-refractivity contribution < 1.29 is 13.2 Å². The molecule has 2 heterocycles. The van der Waals surface area contributed by atoms with Crippen LogP contribution in [0.1, 0.15) is 29.9 Å². The Hall–Kier alpha value is -2.35. The number of fused-ring (bicyclic) bond motifs is 1. The van der Waals surface area contributed by atoms with E-state index < -0.39 is 11.7 Å². The van der Waals surface area contributed by atoms with Crippen molar-refractivity contribution in [1.29, 1.82) is 0 Å². The quantitative estimate of drug-likeness (QED) is 0.668. The van der Waals surface area contributed by atoms with Crippen LogP contribution in [0, 0.1) is 5.92 Å². The molecule has 2 aromatic heterocycles. The van der Waals surface area contributed by atoms with E-state index in [0.717, 1.165) is 21.6 Å². The van der Waals surface area contributed by atoms with Crippen LogP contribution >= 0.6 is 11.3 Å². The molecular formula is C19H19F3N2O2S. The molecule has 1 aromatic carbocycles. The molecule has 4 nitrogen and oxygen atoms in total. The van der Waals surface area contributed by atoms with Gasteiger partial charge >= 0.3 is 11.9 Å². The largest absolute Gasteiger partial charge is 0.416 e. The average molecular weight is 396 g/mol. The van der Waals surface area contributed by atoms with Crippen molar-refractivity contribution in [3.05, 3.63) is 67.2 Å². The molecule has 0 spiro atoms. The number of thiophene rings is 1. The molecule has 0 N–H and O–H groups in total. The first-order valence-corrected chi connectivity index (χ1v) is 9.28. The first-order chi connectivity index (χ1) is 12.6. The fourth-order valence-electron chi connectivity index (χ4n) is 2.99. The fraction of sp³-hybridized carbons (Fsp3) is 0.368. The lowest BCUT2D eigenvalue weighted by Crippen LogP contribution is -2.38. The summed E-state index contributed by atoms with van der Waals surface area (Å²) in [6.45, 7) is 4.41. The van der Waals surface area contributed by atoms with Gasteiger partial charge in [0, 0.05) is 24.9 Å². The summed E-state index contributed by atoms with van der Waals surface area (Å²) < 4.78 is 41.4. The number of halogens is 3. The zero-order valence-electron chi connectivity index (χ0n) is 15.1. The van der Waals surface area contributed by atoms with Crippen LogP contribution in [-0.4, -0.2) is 9.13 Å². The van der Waals surface area contributed by atoms with Gasteiger partial charge in [0.1, 0.15) is 4.83 Å². The van der Waals surface area contributed by atoms with Gasteiger partial charge in [0.05, 0.1) is 10.9 Å². The van der Waals surface area contributed by atoms with Crippen molar-refractivity contribution in [2.24, 2.45) is 13.0 Å². The topological polar surface area (TPSA) is 44.0 Å². The fourth-order valence-corrected chi connectivity index (χ4v) is 4.18. The van der Waals surface area contributed by atoms with Crippen LogP contribution in [0.15, 0.2) is 39.9 Å². The van der Waals surface area contributed by atoms with E-state index in [1.54, 1.807) is 16.7 Å². The number of rotatable bonds is 4. The number of alkyl halides is 3. The summed E-state index contributed by atoms with van der Waals surface area (Å²) in [7, 11) is 1.44. The summed E-state index contributed by atoms with van der Waals surface area (Å²) in [5.74, 6) is 0.206. The highest BCUT2D eigenvalue weighted by Crippen LogP contribution is 2.31. The minimum absolute atomic E-state index is 0.206. The zero-order valence-corrected chi connectivity index (χ0v) is 15.9. The minimum Gasteiger partial charge on any atom is -0.284 e. The highest BCUT2D eigenvalue weighted by atomic mass is 32.1. The maximum absolute atomic E-state index is 12.9. The van der Waals surface area contributed by atoms with E-state index in [1.807, 2.05) is 13.8 Å². The Labute approximate surface area is 157 Å². The molecule has 0 aliphatic rings. The van der Waals surface area contributed by atoms with Gasteiger partial charge in [-0.15, -0.1) is 11.3 Å². The second-order valence-corrected chi connectivity index (χ2v) is 8.07. The van der Waals surface area contributed by atoms with Crippen LogP contribution < -0.4 is 11.2 Å². The Morgan fingerprint density at radius 1 is 1.15 bits per heavy atom. The summed E-state index contributed by atoms with van der Waals surface area (Å²) in [6.07, 6.45) is -4.13. The molecule has 0 saturated heterocycles. The van der Waals surface area contributed by atoms with Gasteiger partial charge in [0.2, 0.25) is 0 Å². The van der Waals surface area contributed by atoms with Gasteiger partial charge < -0.3 is 0 Å². The number of nitrogens with zero attached hydrogens (tertiary/aromatic N) is 2. The van der Waals surface area contributed by atoms with Crippen molar-refractivity contribution in [1.82, 2.24) is 9.13 Å². The Kier molecular flexibility index (Phi) is 5.03. The van der Waals surface area contributed by atoms with Gasteiger partial charge in [0.15, 0.2) is 0 Å². The lowest BCUT2D eigenvalue weighted by molar-refractivity contribution is -0.137. The highest BCUT2D eigenvalue weighted by molar-refractivity contribution is 7.18. The maximum atomic E-state index is 12.9. The zero-order chi connectivity index (χ0) is 19.9. The van der Waals surface area contributed by atoms with E-state index in [0.29, 0.717) is 22.3 Å². The summed E-state index contributed by atoms with van der Waals surface area (Å²) in [4.78, 5) is 26.2. The van der Waals surface area contributed by atoms with Crippen molar-refractivity contribution in [2.75, 3.05) is 0 Å². The number of benzene rings is 1. The lowest BCUT2D eigenvalue weighted by Gasteiger charge is -2.11. The van der Waals surface area contributed by atoms with E-state index in [2.05, 4.69) is 0 Å². The lowest BCUT2D eigenvalue weighted by atomic mass is 10.1. The molecule has 0 fully saturated rings. The standard InChI is InChI=1S/C19H19F3N2O2S/c1-11(2)10-24-17-15(16(25)23(3)18(24)26)9-14(27-17)8-12-5-4-6-13(7-12)19(20,21)22/h4-7,9,11H,8,10H2,1-3H3. The van der Waals surface area contributed by atoms with Gasteiger partial charge in [-0.1, -0.05) is 32.0 Å². The van der Waals surface area contributed by atoms with E-state index in [1.165, 1.54) is 24.5 Å².